The monoisotopic (exact) mass is 197 g/mol. The van der Waals surface area contributed by atoms with Gasteiger partial charge in [-0.05, 0) is 12.1 Å². The maximum atomic E-state index is 11.2. The third kappa shape index (κ3) is 3.96. The van der Waals surface area contributed by atoms with E-state index in [1.54, 1.807) is 7.11 Å². The number of carbonyl (C=O) groups excluding carboxylic acids is 1. The lowest BCUT2D eigenvalue weighted by molar-refractivity contribution is -0.113. The Kier molecular flexibility index (Phi) is 4.35. The Morgan fingerprint density at radius 1 is 1.46 bits per heavy atom. The number of nitrogens with one attached hydrogen (secondary N) is 1. The van der Waals surface area contributed by atoms with E-state index in [9.17, 15) is 4.79 Å². The quantitative estimate of drug-likeness (QED) is 0.749. The number of hydrogen-bond donors (Lipinski definition) is 1. The minimum absolute atomic E-state index is 0.0574. The molecule has 4 heteroatoms. The maximum Gasteiger partial charge on any atom is 0.236 e. The molecule has 1 amide bonds. The lowest BCUT2D eigenvalue weighted by Crippen LogP contribution is -2.13. The zero-order valence-electron chi connectivity index (χ0n) is 7.32. The van der Waals surface area contributed by atoms with Gasteiger partial charge >= 0.3 is 0 Å². The van der Waals surface area contributed by atoms with Gasteiger partial charge in [-0.15, -0.1) is 0 Å². The van der Waals surface area contributed by atoms with Gasteiger partial charge in [0.25, 0.3) is 0 Å². The summed E-state index contributed by atoms with van der Waals surface area (Å²) in [6, 6.07) is 9.34. The molecule has 0 unspecified atom stereocenters. The van der Waals surface area contributed by atoms with Crippen molar-refractivity contribution in [2.24, 2.45) is 0 Å². The molecular formula is C9H11NO2S. The predicted molar refractivity (Wildman–Crippen MR) is 54.5 cm³/mol. The summed E-state index contributed by atoms with van der Waals surface area (Å²) >= 11 is 1.12. The van der Waals surface area contributed by atoms with Crippen LogP contribution >= 0.6 is 12.0 Å². The van der Waals surface area contributed by atoms with E-state index in [0.717, 1.165) is 17.7 Å². The Balaban J connectivity index is 2.37. The molecule has 0 aliphatic carbocycles. The molecule has 1 aromatic carbocycles. The number of para-hydroxylation sites is 1. The molecule has 0 heterocycles. The molecular weight excluding hydrogens is 186 g/mol. The van der Waals surface area contributed by atoms with Crippen LogP contribution < -0.4 is 5.32 Å². The Hall–Kier alpha value is -1.00. The zero-order chi connectivity index (χ0) is 9.52. The van der Waals surface area contributed by atoms with Crippen LogP contribution in [0.2, 0.25) is 0 Å². The Labute approximate surface area is 81.7 Å². The van der Waals surface area contributed by atoms with Gasteiger partial charge in [0.1, 0.15) is 0 Å². The Bertz CT molecular complexity index is 264. The summed E-state index contributed by atoms with van der Waals surface area (Å²) in [6.07, 6.45) is 0. The minimum atomic E-state index is -0.0574. The first-order valence-electron chi connectivity index (χ1n) is 3.83. The summed E-state index contributed by atoms with van der Waals surface area (Å²) in [5.41, 5.74) is 0.809. The largest absolute Gasteiger partial charge is 0.325 e. The van der Waals surface area contributed by atoms with Gasteiger partial charge in [-0.1, -0.05) is 18.2 Å². The van der Waals surface area contributed by atoms with Crippen molar-refractivity contribution in [3.8, 4) is 0 Å². The fourth-order valence-electron chi connectivity index (χ4n) is 0.831. The van der Waals surface area contributed by atoms with E-state index in [-0.39, 0.29) is 5.91 Å². The smallest absolute Gasteiger partial charge is 0.236 e. The number of amides is 1. The fraction of sp³-hybridized carbons (Fsp3) is 0.222. The zero-order valence-corrected chi connectivity index (χ0v) is 8.14. The van der Waals surface area contributed by atoms with Crippen molar-refractivity contribution in [1.82, 2.24) is 0 Å². The second-order valence-electron chi connectivity index (χ2n) is 2.34. The highest BCUT2D eigenvalue weighted by Crippen LogP contribution is 2.06. The van der Waals surface area contributed by atoms with Crippen molar-refractivity contribution in [3.63, 3.8) is 0 Å². The molecule has 1 rings (SSSR count). The van der Waals surface area contributed by atoms with E-state index in [1.807, 2.05) is 30.3 Å². The number of rotatable bonds is 4. The third-order valence-electron chi connectivity index (χ3n) is 1.37. The summed E-state index contributed by atoms with van der Waals surface area (Å²) in [5.74, 6) is 0.254. The van der Waals surface area contributed by atoms with Crippen LogP contribution in [0, 0.1) is 0 Å². The van der Waals surface area contributed by atoms with E-state index in [4.69, 9.17) is 4.18 Å². The van der Waals surface area contributed by atoms with Crippen LogP contribution in [0.1, 0.15) is 0 Å². The second-order valence-corrected chi connectivity index (χ2v) is 3.20. The van der Waals surface area contributed by atoms with Crippen LogP contribution in [0.15, 0.2) is 30.3 Å². The lowest BCUT2D eigenvalue weighted by atomic mass is 10.3. The first-order chi connectivity index (χ1) is 6.33. The van der Waals surface area contributed by atoms with E-state index in [2.05, 4.69) is 5.32 Å². The van der Waals surface area contributed by atoms with Gasteiger partial charge in [-0.25, -0.2) is 0 Å². The molecule has 0 saturated carbocycles. The van der Waals surface area contributed by atoms with Crippen LogP contribution in [0.4, 0.5) is 5.69 Å². The summed E-state index contributed by atoms with van der Waals surface area (Å²) in [7, 11) is 1.54. The van der Waals surface area contributed by atoms with Gasteiger partial charge in [0, 0.05) is 17.7 Å². The molecule has 0 radical (unpaired) electrons. The van der Waals surface area contributed by atoms with Crippen molar-refractivity contribution >= 4 is 23.6 Å². The van der Waals surface area contributed by atoms with Crippen molar-refractivity contribution in [1.29, 1.82) is 0 Å². The summed E-state index contributed by atoms with van der Waals surface area (Å²) < 4.78 is 4.71. The van der Waals surface area contributed by atoms with Crippen LogP contribution in [0.25, 0.3) is 0 Å². The second kappa shape index (κ2) is 5.61. The van der Waals surface area contributed by atoms with E-state index in [1.165, 1.54) is 0 Å². The molecule has 0 saturated heterocycles. The average Bonchev–Trinajstić information content (AvgIpc) is 2.16. The average molecular weight is 197 g/mol. The van der Waals surface area contributed by atoms with Gasteiger partial charge in [0.15, 0.2) is 0 Å². The number of hydrogen-bond acceptors (Lipinski definition) is 3. The highest BCUT2D eigenvalue weighted by atomic mass is 32.2. The summed E-state index contributed by atoms with van der Waals surface area (Å²) in [6.45, 7) is 0. The molecule has 0 aromatic heterocycles. The van der Waals surface area contributed by atoms with E-state index < -0.39 is 0 Å². The van der Waals surface area contributed by atoms with Crippen molar-refractivity contribution in [2.75, 3.05) is 18.2 Å². The Morgan fingerprint density at radius 3 is 2.77 bits per heavy atom. The molecule has 3 nitrogen and oxygen atoms in total. The molecule has 1 N–H and O–H groups in total. The van der Waals surface area contributed by atoms with Crippen LogP contribution in [-0.4, -0.2) is 18.8 Å². The van der Waals surface area contributed by atoms with Gasteiger partial charge in [0.05, 0.1) is 12.9 Å². The predicted octanol–water partition coefficient (Wildman–Crippen LogP) is 1.92. The van der Waals surface area contributed by atoms with Gasteiger partial charge < -0.3 is 9.50 Å². The van der Waals surface area contributed by atoms with Crippen molar-refractivity contribution in [3.05, 3.63) is 30.3 Å². The molecule has 1 aromatic rings. The van der Waals surface area contributed by atoms with Crippen molar-refractivity contribution in [2.45, 2.75) is 0 Å². The normalized spacial score (nSPS) is 9.62. The molecule has 0 aliphatic rings. The summed E-state index contributed by atoms with van der Waals surface area (Å²) in [5, 5.41) is 2.74. The molecule has 0 fully saturated rings. The van der Waals surface area contributed by atoms with Crippen LogP contribution in [0.3, 0.4) is 0 Å². The standard InChI is InChI=1S/C9H11NO2S/c1-12-13-7-9(11)10-8-5-3-2-4-6-8/h2-6H,7H2,1H3,(H,10,11). The number of anilines is 1. The first kappa shape index (κ1) is 10.1. The lowest BCUT2D eigenvalue weighted by Gasteiger charge is -2.02. The maximum absolute atomic E-state index is 11.2. The van der Waals surface area contributed by atoms with Crippen LogP contribution in [-0.2, 0) is 8.98 Å². The molecule has 0 aliphatic heterocycles. The van der Waals surface area contributed by atoms with Gasteiger partial charge in [-0.3, -0.25) is 4.79 Å². The molecule has 13 heavy (non-hydrogen) atoms. The topological polar surface area (TPSA) is 38.3 Å². The van der Waals surface area contributed by atoms with Crippen LogP contribution in [0.5, 0.6) is 0 Å². The summed E-state index contributed by atoms with van der Waals surface area (Å²) in [4.78, 5) is 11.2. The molecule has 0 atom stereocenters. The van der Waals surface area contributed by atoms with E-state index in [0.29, 0.717) is 5.75 Å². The van der Waals surface area contributed by atoms with Crippen molar-refractivity contribution < 1.29 is 8.98 Å². The number of benzene rings is 1. The molecule has 0 bridgehead atoms. The fourth-order valence-corrected chi connectivity index (χ4v) is 1.13. The minimum Gasteiger partial charge on any atom is -0.325 e. The highest BCUT2D eigenvalue weighted by Gasteiger charge is 2.00. The molecule has 70 valence electrons. The highest BCUT2D eigenvalue weighted by molar-refractivity contribution is 7.95. The first-order valence-corrected chi connectivity index (χ1v) is 4.74. The molecule has 0 spiro atoms. The van der Waals surface area contributed by atoms with Gasteiger partial charge in [0.2, 0.25) is 5.91 Å². The number of carbonyl (C=O) groups is 1. The SMILES string of the molecule is COSCC(=O)Nc1ccccc1. The van der Waals surface area contributed by atoms with E-state index >= 15 is 0 Å². The Morgan fingerprint density at radius 2 is 2.15 bits per heavy atom. The third-order valence-corrected chi connectivity index (χ3v) is 1.98. The van der Waals surface area contributed by atoms with Gasteiger partial charge in [-0.2, -0.15) is 0 Å².